The molecule has 0 amide bonds. The quantitative estimate of drug-likeness (QED) is 0.707. The van der Waals surface area contributed by atoms with Crippen LogP contribution in [0.4, 0.5) is 0 Å². The van der Waals surface area contributed by atoms with E-state index >= 15 is 0 Å². The third-order valence-corrected chi connectivity index (χ3v) is 4.15. The normalized spacial score (nSPS) is 11.8. The van der Waals surface area contributed by atoms with E-state index < -0.39 is 10.0 Å². The number of hydrogen-bond donors (Lipinski definition) is 2. The van der Waals surface area contributed by atoms with E-state index in [0.29, 0.717) is 19.4 Å². The molecule has 0 aliphatic rings. The first-order valence-corrected chi connectivity index (χ1v) is 7.28. The van der Waals surface area contributed by atoms with E-state index in [1.54, 1.807) is 0 Å². The molecule has 2 N–H and O–H groups in total. The first kappa shape index (κ1) is 12.6. The molecule has 0 fully saturated rings. The van der Waals surface area contributed by atoms with Gasteiger partial charge in [0.2, 0.25) is 10.0 Å². The predicted octanol–water partition coefficient (Wildman–Crippen LogP) is 0.940. The van der Waals surface area contributed by atoms with E-state index in [4.69, 9.17) is 5.11 Å². The lowest BCUT2D eigenvalue weighted by atomic mass is 10.4. The maximum atomic E-state index is 11.4. The first-order chi connectivity index (χ1) is 7.14. The van der Waals surface area contributed by atoms with Gasteiger partial charge in [-0.3, -0.25) is 0 Å². The van der Waals surface area contributed by atoms with Crippen LogP contribution in [0.25, 0.3) is 0 Å². The number of thiophene rings is 1. The van der Waals surface area contributed by atoms with Crippen LogP contribution in [0.15, 0.2) is 17.5 Å². The standard InChI is InChI=1S/C9H15NO3S2/c11-5-1-2-7-15(12,13)10-8-9-4-3-6-14-9/h3-4,6,10-11H,1-2,5,7-8H2. The molecule has 0 aromatic carbocycles. The Balaban J connectivity index is 2.30. The smallest absolute Gasteiger partial charge is 0.211 e. The fraction of sp³-hybridized carbons (Fsp3) is 0.556. The number of sulfonamides is 1. The molecule has 0 radical (unpaired) electrons. The average Bonchev–Trinajstić information content (AvgIpc) is 2.68. The van der Waals surface area contributed by atoms with Gasteiger partial charge in [-0.15, -0.1) is 11.3 Å². The van der Waals surface area contributed by atoms with Gasteiger partial charge in [-0.2, -0.15) is 0 Å². The average molecular weight is 249 g/mol. The summed E-state index contributed by atoms with van der Waals surface area (Å²) >= 11 is 1.53. The highest BCUT2D eigenvalue weighted by Gasteiger charge is 2.09. The highest BCUT2D eigenvalue weighted by molar-refractivity contribution is 7.89. The molecule has 4 nitrogen and oxygen atoms in total. The van der Waals surface area contributed by atoms with Gasteiger partial charge in [-0.25, -0.2) is 13.1 Å². The van der Waals surface area contributed by atoms with E-state index in [1.165, 1.54) is 11.3 Å². The zero-order chi connectivity index (χ0) is 11.1. The van der Waals surface area contributed by atoms with Gasteiger partial charge in [0.15, 0.2) is 0 Å². The van der Waals surface area contributed by atoms with Crippen molar-refractivity contribution < 1.29 is 13.5 Å². The molecular formula is C9H15NO3S2. The lowest BCUT2D eigenvalue weighted by molar-refractivity contribution is 0.287. The second-order valence-corrected chi connectivity index (χ2v) is 6.11. The monoisotopic (exact) mass is 249 g/mol. The summed E-state index contributed by atoms with van der Waals surface area (Å²) in [6, 6.07) is 3.78. The van der Waals surface area contributed by atoms with Gasteiger partial charge in [-0.1, -0.05) is 6.07 Å². The van der Waals surface area contributed by atoms with Gasteiger partial charge in [0.1, 0.15) is 0 Å². The molecule has 1 aromatic heterocycles. The summed E-state index contributed by atoms with van der Waals surface area (Å²) in [6.07, 6.45) is 1.02. The lowest BCUT2D eigenvalue weighted by Gasteiger charge is -2.04. The number of rotatable bonds is 7. The van der Waals surface area contributed by atoms with Crippen LogP contribution >= 0.6 is 11.3 Å². The third kappa shape index (κ3) is 5.27. The van der Waals surface area contributed by atoms with Gasteiger partial charge in [-0.05, 0) is 24.3 Å². The minimum atomic E-state index is -3.18. The Kier molecular flexibility index (Phi) is 5.24. The first-order valence-electron chi connectivity index (χ1n) is 4.74. The second-order valence-electron chi connectivity index (χ2n) is 3.15. The fourth-order valence-electron chi connectivity index (χ4n) is 1.07. The van der Waals surface area contributed by atoms with E-state index in [1.807, 2.05) is 17.5 Å². The van der Waals surface area contributed by atoms with Gasteiger partial charge < -0.3 is 5.11 Å². The van der Waals surface area contributed by atoms with Crippen molar-refractivity contribution in [3.63, 3.8) is 0 Å². The third-order valence-electron chi connectivity index (χ3n) is 1.87. The van der Waals surface area contributed by atoms with E-state index in [0.717, 1.165) is 4.88 Å². The molecule has 6 heteroatoms. The van der Waals surface area contributed by atoms with Crippen LogP contribution in [0.3, 0.4) is 0 Å². The molecule has 0 aliphatic heterocycles. The van der Waals surface area contributed by atoms with Crippen molar-refractivity contribution in [1.82, 2.24) is 4.72 Å². The minimum absolute atomic E-state index is 0.0421. The SMILES string of the molecule is O=S(=O)(CCCCO)NCc1cccs1. The number of aliphatic hydroxyl groups is 1. The Morgan fingerprint density at radius 3 is 2.80 bits per heavy atom. The summed E-state index contributed by atoms with van der Waals surface area (Å²) in [7, 11) is -3.18. The molecule has 0 saturated carbocycles. The van der Waals surface area contributed by atoms with Crippen molar-refractivity contribution in [2.45, 2.75) is 19.4 Å². The van der Waals surface area contributed by atoms with E-state index in [2.05, 4.69) is 4.72 Å². The van der Waals surface area contributed by atoms with Crippen molar-refractivity contribution in [3.05, 3.63) is 22.4 Å². The molecule has 0 aliphatic carbocycles. The molecule has 0 spiro atoms. The largest absolute Gasteiger partial charge is 0.396 e. The zero-order valence-corrected chi connectivity index (χ0v) is 9.98. The van der Waals surface area contributed by atoms with Crippen molar-refractivity contribution in [3.8, 4) is 0 Å². The minimum Gasteiger partial charge on any atom is -0.396 e. The van der Waals surface area contributed by atoms with Crippen LogP contribution in [0, 0.1) is 0 Å². The number of hydrogen-bond acceptors (Lipinski definition) is 4. The lowest BCUT2D eigenvalue weighted by Crippen LogP contribution is -2.25. The maximum absolute atomic E-state index is 11.4. The van der Waals surface area contributed by atoms with Crippen LogP contribution in [-0.2, 0) is 16.6 Å². The van der Waals surface area contributed by atoms with Crippen LogP contribution in [0.5, 0.6) is 0 Å². The van der Waals surface area contributed by atoms with Gasteiger partial charge in [0.25, 0.3) is 0 Å². The summed E-state index contributed by atoms with van der Waals surface area (Å²) in [5.74, 6) is 0.0823. The highest BCUT2D eigenvalue weighted by Crippen LogP contribution is 2.08. The predicted molar refractivity (Wildman–Crippen MR) is 61.3 cm³/mol. The molecule has 1 rings (SSSR count). The number of aliphatic hydroxyl groups excluding tert-OH is 1. The van der Waals surface area contributed by atoms with Crippen LogP contribution in [0.2, 0.25) is 0 Å². The topological polar surface area (TPSA) is 66.4 Å². The fourth-order valence-corrected chi connectivity index (χ4v) is 2.91. The Morgan fingerprint density at radius 1 is 1.40 bits per heavy atom. The van der Waals surface area contributed by atoms with Gasteiger partial charge >= 0.3 is 0 Å². The molecule has 1 aromatic rings. The molecule has 0 saturated heterocycles. The summed E-state index contributed by atoms with van der Waals surface area (Å²) in [4.78, 5) is 1.00. The number of nitrogens with one attached hydrogen (secondary N) is 1. The second kappa shape index (κ2) is 6.22. The van der Waals surface area contributed by atoms with Gasteiger partial charge in [0.05, 0.1) is 5.75 Å². The number of unbranched alkanes of at least 4 members (excludes halogenated alkanes) is 1. The molecule has 15 heavy (non-hydrogen) atoms. The van der Waals surface area contributed by atoms with Crippen molar-refractivity contribution in [2.24, 2.45) is 0 Å². The molecule has 0 unspecified atom stereocenters. The van der Waals surface area contributed by atoms with Crippen molar-refractivity contribution in [1.29, 1.82) is 0 Å². The molecular weight excluding hydrogens is 234 g/mol. The Hall–Kier alpha value is -0.430. The Morgan fingerprint density at radius 2 is 2.20 bits per heavy atom. The van der Waals surface area contributed by atoms with Crippen LogP contribution in [0.1, 0.15) is 17.7 Å². The highest BCUT2D eigenvalue weighted by atomic mass is 32.2. The Bertz CT molecular complexity index is 359. The summed E-state index contributed by atoms with van der Waals surface area (Å²) < 4.78 is 25.3. The molecule has 0 atom stereocenters. The van der Waals surface area contributed by atoms with Crippen LogP contribution in [-0.4, -0.2) is 25.9 Å². The van der Waals surface area contributed by atoms with E-state index in [9.17, 15) is 8.42 Å². The van der Waals surface area contributed by atoms with Gasteiger partial charge in [0, 0.05) is 18.0 Å². The maximum Gasteiger partial charge on any atom is 0.211 e. The summed E-state index contributed by atoms with van der Waals surface area (Å²) in [6.45, 7) is 0.402. The van der Waals surface area contributed by atoms with Crippen LogP contribution < -0.4 is 4.72 Å². The van der Waals surface area contributed by atoms with E-state index in [-0.39, 0.29) is 12.4 Å². The molecule has 0 bridgehead atoms. The summed E-state index contributed by atoms with van der Waals surface area (Å²) in [5.41, 5.74) is 0. The van der Waals surface area contributed by atoms with Crippen molar-refractivity contribution in [2.75, 3.05) is 12.4 Å². The summed E-state index contributed by atoms with van der Waals surface area (Å²) in [5, 5.41) is 10.4. The molecule has 1 heterocycles. The molecule has 86 valence electrons. The zero-order valence-electron chi connectivity index (χ0n) is 8.35. The Labute approximate surface area is 94.0 Å². The van der Waals surface area contributed by atoms with Crippen molar-refractivity contribution >= 4 is 21.4 Å².